The second-order valence-corrected chi connectivity index (χ2v) is 4.77. The van der Waals surface area contributed by atoms with Crippen molar-refractivity contribution >= 4 is 12.2 Å². The largest absolute Gasteiger partial charge is 0.493 e. The summed E-state index contributed by atoms with van der Waals surface area (Å²) in [4.78, 5) is 11.3. The Morgan fingerprint density at radius 2 is 1.90 bits per heavy atom. The summed E-state index contributed by atoms with van der Waals surface area (Å²) < 4.78 is 11.3. The van der Waals surface area contributed by atoms with Crippen LogP contribution in [0.5, 0.6) is 11.5 Å². The number of rotatable bonds is 6. The van der Waals surface area contributed by atoms with Crippen LogP contribution in [0.15, 0.2) is 17.2 Å². The van der Waals surface area contributed by atoms with Gasteiger partial charge in [-0.1, -0.05) is 0 Å². The average Bonchev–Trinajstić information content (AvgIpc) is 2.85. The van der Waals surface area contributed by atoms with Gasteiger partial charge in [0.15, 0.2) is 0 Å². The number of nitrogens with zero attached hydrogens (tertiary/aromatic N) is 2. The first kappa shape index (κ1) is 15.2. The third kappa shape index (κ3) is 3.26. The van der Waals surface area contributed by atoms with Crippen LogP contribution in [0.4, 0.5) is 0 Å². The lowest BCUT2D eigenvalue weighted by Crippen LogP contribution is -2.15. The molecule has 0 radical (unpaired) electrons. The van der Waals surface area contributed by atoms with E-state index in [0.29, 0.717) is 31.3 Å². The summed E-state index contributed by atoms with van der Waals surface area (Å²) in [6.07, 6.45) is 1.83. The molecule has 0 saturated carbocycles. The summed E-state index contributed by atoms with van der Waals surface area (Å²) >= 11 is 0. The van der Waals surface area contributed by atoms with Crippen LogP contribution in [0.1, 0.15) is 35.7 Å². The molecule has 0 bridgehead atoms. The van der Waals surface area contributed by atoms with Crippen LogP contribution >= 0.6 is 0 Å². The number of hydrogen-bond acceptors (Lipinski definition) is 5. The zero-order chi connectivity index (χ0) is 15.4. The fraction of sp³-hybridized carbons (Fsp3) is 0.467. The van der Waals surface area contributed by atoms with Gasteiger partial charge in [-0.05, 0) is 26.0 Å². The van der Waals surface area contributed by atoms with Crippen LogP contribution in [0.25, 0.3) is 0 Å². The molecule has 114 valence electrons. The summed E-state index contributed by atoms with van der Waals surface area (Å²) in [5.41, 5.74) is 1.02. The molecule has 1 N–H and O–H groups in total. The zero-order valence-electron chi connectivity index (χ0n) is 12.5. The molecule has 1 atom stereocenters. The van der Waals surface area contributed by atoms with Crippen LogP contribution in [-0.4, -0.2) is 49.1 Å². The summed E-state index contributed by atoms with van der Waals surface area (Å²) in [6.45, 7) is 5.37. The monoisotopic (exact) mass is 292 g/mol. The molecule has 1 unspecified atom stereocenters. The first-order valence-corrected chi connectivity index (χ1v) is 6.98. The van der Waals surface area contributed by atoms with Gasteiger partial charge >= 0.3 is 5.97 Å². The van der Waals surface area contributed by atoms with E-state index in [1.807, 2.05) is 32.1 Å². The number of carboxylic acids is 1. The summed E-state index contributed by atoms with van der Waals surface area (Å²) in [5.74, 6) is 0.127. The van der Waals surface area contributed by atoms with Crippen molar-refractivity contribution < 1.29 is 19.4 Å². The van der Waals surface area contributed by atoms with E-state index in [2.05, 4.69) is 5.10 Å². The fourth-order valence-corrected chi connectivity index (χ4v) is 2.38. The molecule has 1 aliphatic rings. The number of benzene rings is 1. The van der Waals surface area contributed by atoms with Gasteiger partial charge in [0.05, 0.1) is 18.8 Å². The van der Waals surface area contributed by atoms with E-state index >= 15 is 0 Å². The van der Waals surface area contributed by atoms with E-state index in [9.17, 15) is 9.90 Å². The van der Waals surface area contributed by atoms with Crippen molar-refractivity contribution in [2.45, 2.75) is 19.8 Å². The highest BCUT2D eigenvalue weighted by atomic mass is 16.5. The molecule has 6 heteroatoms. The Morgan fingerprint density at radius 1 is 1.33 bits per heavy atom. The molecule has 1 aliphatic heterocycles. The van der Waals surface area contributed by atoms with Crippen LogP contribution < -0.4 is 9.47 Å². The number of aromatic carboxylic acids is 1. The molecule has 0 aromatic heterocycles. The molecule has 0 spiro atoms. The molecule has 0 aliphatic carbocycles. The van der Waals surface area contributed by atoms with Crippen LogP contribution in [0, 0.1) is 0 Å². The Bertz CT molecular complexity index is 530. The molecular weight excluding hydrogens is 272 g/mol. The van der Waals surface area contributed by atoms with Crippen molar-refractivity contribution in [3.05, 3.63) is 23.3 Å². The fourth-order valence-electron chi connectivity index (χ4n) is 2.38. The first-order chi connectivity index (χ1) is 10.1. The van der Waals surface area contributed by atoms with Gasteiger partial charge in [-0.25, -0.2) is 4.79 Å². The minimum absolute atomic E-state index is 0.0287. The van der Waals surface area contributed by atoms with E-state index < -0.39 is 5.97 Å². The van der Waals surface area contributed by atoms with Gasteiger partial charge in [-0.3, -0.25) is 5.01 Å². The maximum Gasteiger partial charge on any atom is 0.335 e. The molecule has 21 heavy (non-hydrogen) atoms. The van der Waals surface area contributed by atoms with E-state index in [0.717, 1.165) is 5.56 Å². The van der Waals surface area contributed by atoms with Crippen molar-refractivity contribution in [3.63, 3.8) is 0 Å². The number of carbonyl (C=O) groups is 1. The van der Waals surface area contributed by atoms with E-state index in [1.165, 1.54) is 0 Å². The quantitative estimate of drug-likeness (QED) is 0.870. The van der Waals surface area contributed by atoms with Crippen molar-refractivity contribution in [2.75, 3.05) is 26.8 Å². The third-order valence-corrected chi connectivity index (χ3v) is 3.23. The number of likely N-dealkylation sites (N-methyl/N-ethyl adjacent to an activating group) is 1. The number of hydrazone groups is 1. The molecule has 2 rings (SSSR count). The minimum Gasteiger partial charge on any atom is -0.493 e. The molecule has 0 fully saturated rings. The number of carboxylic acid groups (broad SMARTS) is 1. The van der Waals surface area contributed by atoms with Gasteiger partial charge in [-0.2, -0.15) is 5.10 Å². The molecule has 6 nitrogen and oxygen atoms in total. The molecular formula is C15H20N2O4. The molecule has 1 aromatic carbocycles. The zero-order valence-corrected chi connectivity index (χ0v) is 12.5. The lowest BCUT2D eigenvalue weighted by atomic mass is 9.96. The topological polar surface area (TPSA) is 71.4 Å². The second kappa shape index (κ2) is 6.47. The lowest BCUT2D eigenvalue weighted by Gasteiger charge is -2.20. The Hall–Kier alpha value is -2.24. The van der Waals surface area contributed by atoms with Gasteiger partial charge in [0.25, 0.3) is 0 Å². The Balaban J connectivity index is 2.52. The normalized spacial score (nSPS) is 17.1. The Morgan fingerprint density at radius 3 is 2.29 bits per heavy atom. The minimum atomic E-state index is -0.999. The second-order valence-electron chi connectivity index (χ2n) is 4.77. The van der Waals surface area contributed by atoms with Crippen molar-refractivity contribution in [2.24, 2.45) is 5.10 Å². The molecule has 0 saturated heterocycles. The van der Waals surface area contributed by atoms with Gasteiger partial charge < -0.3 is 14.6 Å². The first-order valence-electron chi connectivity index (χ1n) is 6.98. The number of ether oxygens (including phenoxy) is 2. The Kier molecular flexibility index (Phi) is 4.67. The summed E-state index contributed by atoms with van der Waals surface area (Å²) in [5, 5.41) is 15.3. The van der Waals surface area contributed by atoms with Gasteiger partial charge in [-0.15, -0.1) is 0 Å². The number of hydrogen-bond donors (Lipinski definition) is 1. The smallest absolute Gasteiger partial charge is 0.335 e. The molecule has 1 aromatic rings. The predicted octanol–water partition coefficient (Wildman–Crippen LogP) is 2.20. The van der Waals surface area contributed by atoms with Crippen LogP contribution in [-0.2, 0) is 0 Å². The molecule has 1 heterocycles. The van der Waals surface area contributed by atoms with Gasteiger partial charge in [0.2, 0.25) is 0 Å². The maximum atomic E-state index is 11.3. The third-order valence-electron chi connectivity index (χ3n) is 3.23. The SMILES string of the molecule is CCOc1cc(C(=O)O)cc(OCC)c1C1C=NN(C)C1. The van der Waals surface area contributed by atoms with Gasteiger partial charge in [0, 0.05) is 31.3 Å². The van der Waals surface area contributed by atoms with E-state index in [-0.39, 0.29) is 11.5 Å². The highest BCUT2D eigenvalue weighted by molar-refractivity contribution is 5.89. The highest BCUT2D eigenvalue weighted by Crippen LogP contribution is 2.38. The van der Waals surface area contributed by atoms with Crippen molar-refractivity contribution in [3.8, 4) is 11.5 Å². The van der Waals surface area contributed by atoms with Crippen LogP contribution in [0.2, 0.25) is 0 Å². The average molecular weight is 292 g/mol. The Labute approximate surface area is 124 Å². The lowest BCUT2D eigenvalue weighted by molar-refractivity contribution is 0.0695. The van der Waals surface area contributed by atoms with Gasteiger partial charge in [0.1, 0.15) is 11.5 Å². The van der Waals surface area contributed by atoms with Crippen LogP contribution in [0.3, 0.4) is 0 Å². The predicted molar refractivity (Wildman–Crippen MR) is 79.6 cm³/mol. The standard InChI is InChI=1S/C15H20N2O4/c1-4-20-12-6-10(15(18)19)7-13(21-5-2)14(12)11-8-16-17(3)9-11/h6-8,11H,4-5,9H2,1-3H3,(H,18,19). The van der Waals surface area contributed by atoms with E-state index in [1.54, 1.807) is 12.1 Å². The van der Waals surface area contributed by atoms with E-state index in [4.69, 9.17) is 9.47 Å². The highest BCUT2D eigenvalue weighted by Gasteiger charge is 2.26. The van der Waals surface area contributed by atoms with Crippen molar-refractivity contribution in [1.82, 2.24) is 5.01 Å². The summed E-state index contributed by atoms with van der Waals surface area (Å²) in [6, 6.07) is 3.10. The molecule has 0 amide bonds. The van der Waals surface area contributed by atoms with Crippen molar-refractivity contribution in [1.29, 1.82) is 0 Å². The maximum absolute atomic E-state index is 11.3. The summed E-state index contributed by atoms with van der Waals surface area (Å²) in [7, 11) is 1.89.